The smallest absolute Gasteiger partial charge is 0.221 e. The third kappa shape index (κ3) is 3.23. The number of carbonyl (C=O) groups is 1. The molecule has 104 valence electrons. The number of hydrogen-bond donors (Lipinski definition) is 2. The van der Waals surface area contributed by atoms with Gasteiger partial charge in [-0.05, 0) is 43.5 Å². The van der Waals surface area contributed by atoms with E-state index in [1.165, 1.54) is 12.1 Å². The lowest BCUT2D eigenvalue weighted by molar-refractivity contribution is -0.124. The van der Waals surface area contributed by atoms with Crippen molar-refractivity contribution < 1.29 is 9.18 Å². The molecule has 5 heteroatoms. The maximum Gasteiger partial charge on any atom is 0.221 e. The molecule has 1 saturated heterocycles. The summed E-state index contributed by atoms with van der Waals surface area (Å²) in [5.74, 6) is -0.671. The highest BCUT2D eigenvalue weighted by Crippen LogP contribution is 2.25. The SMILES string of the molecule is CC1CCC(C(N)=O)CN1Cc1cc(F)ccc1N. The van der Waals surface area contributed by atoms with Crippen LogP contribution in [0.5, 0.6) is 0 Å². The van der Waals surface area contributed by atoms with Gasteiger partial charge >= 0.3 is 0 Å². The molecule has 1 aliphatic rings. The van der Waals surface area contributed by atoms with E-state index in [1.807, 2.05) is 0 Å². The van der Waals surface area contributed by atoms with Crippen molar-refractivity contribution in [3.63, 3.8) is 0 Å². The van der Waals surface area contributed by atoms with Crippen LogP contribution in [0.3, 0.4) is 0 Å². The van der Waals surface area contributed by atoms with Gasteiger partial charge in [-0.15, -0.1) is 0 Å². The van der Waals surface area contributed by atoms with Gasteiger partial charge in [-0.25, -0.2) is 4.39 Å². The van der Waals surface area contributed by atoms with Crippen molar-refractivity contribution in [2.24, 2.45) is 11.7 Å². The number of piperidine rings is 1. The van der Waals surface area contributed by atoms with E-state index in [0.717, 1.165) is 18.4 Å². The third-order valence-corrected chi connectivity index (χ3v) is 3.89. The zero-order valence-electron chi connectivity index (χ0n) is 11.1. The van der Waals surface area contributed by atoms with Crippen molar-refractivity contribution in [2.45, 2.75) is 32.4 Å². The minimum Gasteiger partial charge on any atom is -0.398 e. The summed E-state index contributed by atoms with van der Waals surface area (Å²) in [7, 11) is 0. The molecule has 0 bridgehead atoms. The summed E-state index contributed by atoms with van der Waals surface area (Å²) in [5.41, 5.74) is 12.6. The van der Waals surface area contributed by atoms with E-state index < -0.39 is 0 Å². The fourth-order valence-corrected chi connectivity index (χ4v) is 2.56. The molecular weight excluding hydrogens is 245 g/mol. The Kier molecular flexibility index (Phi) is 4.04. The van der Waals surface area contributed by atoms with Gasteiger partial charge in [-0.1, -0.05) is 0 Å². The number of hydrogen-bond acceptors (Lipinski definition) is 3. The molecule has 4 N–H and O–H groups in total. The number of anilines is 1. The number of halogens is 1. The van der Waals surface area contributed by atoms with Crippen molar-refractivity contribution in [3.05, 3.63) is 29.6 Å². The molecule has 2 unspecified atom stereocenters. The monoisotopic (exact) mass is 265 g/mol. The highest BCUT2D eigenvalue weighted by atomic mass is 19.1. The van der Waals surface area contributed by atoms with Crippen LogP contribution >= 0.6 is 0 Å². The second kappa shape index (κ2) is 5.57. The van der Waals surface area contributed by atoms with Crippen molar-refractivity contribution >= 4 is 11.6 Å². The topological polar surface area (TPSA) is 72.4 Å². The molecule has 1 heterocycles. The number of primary amides is 1. The largest absolute Gasteiger partial charge is 0.398 e. The zero-order valence-corrected chi connectivity index (χ0v) is 11.1. The molecule has 1 aromatic carbocycles. The standard InChI is InChI=1S/C14H20FN3O/c1-9-2-3-10(14(17)19)7-18(9)8-11-6-12(15)4-5-13(11)16/h4-6,9-10H,2-3,7-8,16H2,1H3,(H2,17,19). The Morgan fingerprint density at radius 3 is 2.89 bits per heavy atom. The molecule has 2 atom stereocenters. The van der Waals surface area contributed by atoms with Gasteiger partial charge in [0.1, 0.15) is 5.82 Å². The van der Waals surface area contributed by atoms with E-state index >= 15 is 0 Å². The molecule has 0 radical (unpaired) electrons. The lowest BCUT2D eigenvalue weighted by Crippen LogP contribution is -2.45. The van der Waals surface area contributed by atoms with Crippen LogP contribution in [0.15, 0.2) is 18.2 Å². The van der Waals surface area contributed by atoms with E-state index in [0.29, 0.717) is 24.8 Å². The van der Waals surface area contributed by atoms with Crippen LogP contribution in [0.4, 0.5) is 10.1 Å². The van der Waals surface area contributed by atoms with E-state index in [-0.39, 0.29) is 17.6 Å². The van der Waals surface area contributed by atoms with E-state index in [9.17, 15) is 9.18 Å². The molecule has 1 aromatic rings. The Bertz CT molecular complexity index is 478. The fourth-order valence-electron chi connectivity index (χ4n) is 2.56. The minimum atomic E-state index is -0.291. The molecule has 0 aliphatic carbocycles. The number of likely N-dealkylation sites (tertiary alicyclic amines) is 1. The summed E-state index contributed by atoms with van der Waals surface area (Å²) >= 11 is 0. The Balaban J connectivity index is 2.12. The van der Waals surface area contributed by atoms with Gasteiger partial charge in [0.2, 0.25) is 5.91 Å². The highest BCUT2D eigenvalue weighted by Gasteiger charge is 2.28. The van der Waals surface area contributed by atoms with Gasteiger partial charge in [0, 0.05) is 24.8 Å². The van der Waals surface area contributed by atoms with Crippen molar-refractivity contribution in [2.75, 3.05) is 12.3 Å². The normalized spacial score (nSPS) is 24.3. The fraction of sp³-hybridized carbons (Fsp3) is 0.500. The predicted molar refractivity (Wildman–Crippen MR) is 72.6 cm³/mol. The molecule has 0 spiro atoms. The molecule has 0 aromatic heterocycles. The van der Waals surface area contributed by atoms with Crippen LogP contribution in [0, 0.1) is 11.7 Å². The molecule has 1 amide bonds. The number of nitrogens with zero attached hydrogens (tertiary/aromatic N) is 1. The van der Waals surface area contributed by atoms with Gasteiger partial charge in [-0.3, -0.25) is 9.69 Å². The molecule has 0 saturated carbocycles. The number of nitrogen functional groups attached to an aromatic ring is 1. The van der Waals surface area contributed by atoms with Crippen molar-refractivity contribution in [3.8, 4) is 0 Å². The molecule has 1 aliphatic heterocycles. The minimum absolute atomic E-state index is 0.119. The number of carbonyl (C=O) groups excluding carboxylic acids is 1. The second-order valence-corrected chi connectivity index (χ2v) is 5.30. The quantitative estimate of drug-likeness (QED) is 0.813. The molecule has 4 nitrogen and oxygen atoms in total. The first-order valence-corrected chi connectivity index (χ1v) is 6.54. The van der Waals surface area contributed by atoms with E-state index in [1.54, 1.807) is 6.07 Å². The maximum absolute atomic E-state index is 13.3. The average Bonchev–Trinajstić information content (AvgIpc) is 2.36. The van der Waals surface area contributed by atoms with Crippen molar-refractivity contribution in [1.29, 1.82) is 0 Å². The summed E-state index contributed by atoms with van der Waals surface area (Å²) in [6.45, 7) is 3.27. The highest BCUT2D eigenvalue weighted by molar-refractivity contribution is 5.77. The summed E-state index contributed by atoms with van der Waals surface area (Å²) in [6.07, 6.45) is 1.74. The number of nitrogens with two attached hydrogens (primary N) is 2. The van der Waals surface area contributed by atoms with Gasteiger partial charge in [0.15, 0.2) is 0 Å². The van der Waals surface area contributed by atoms with Crippen LogP contribution in [-0.4, -0.2) is 23.4 Å². The zero-order chi connectivity index (χ0) is 14.0. The molecule has 2 rings (SSSR count). The molecule has 1 fully saturated rings. The van der Waals surface area contributed by atoms with Crippen LogP contribution < -0.4 is 11.5 Å². The van der Waals surface area contributed by atoms with Gasteiger partial charge in [0.05, 0.1) is 5.92 Å². The van der Waals surface area contributed by atoms with Crippen LogP contribution in [-0.2, 0) is 11.3 Å². The lowest BCUT2D eigenvalue weighted by Gasteiger charge is -2.37. The van der Waals surface area contributed by atoms with Crippen LogP contribution in [0.25, 0.3) is 0 Å². The first kappa shape index (κ1) is 13.8. The average molecular weight is 265 g/mol. The third-order valence-electron chi connectivity index (χ3n) is 3.89. The summed E-state index contributed by atoms with van der Waals surface area (Å²) < 4.78 is 13.3. The molecule has 19 heavy (non-hydrogen) atoms. The summed E-state index contributed by atoms with van der Waals surface area (Å²) in [5, 5.41) is 0. The van der Waals surface area contributed by atoms with Crippen LogP contribution in [0.1, 0.15) is 25.3 Å². The summed E-state index contributed by atoms with van der Waals surface area (Å²) in [4.78, 5) is 13.4. The Labute approximate surface area is 112 Å². The second-order valence-electron chi connectivity index (χ2n) is 5.30. The molecular formula is C14H20FN3O. The number of rotatable bonds is 3. The van der Waals surface area contributed by atoms with Gasteiger partial charge < -0.3 is 11.5 Å². The number of amides is 1. The van der Waals surface area contributed by atoms with Gasteiger partial charge in [-0.2, -0.15) is 0 Å². The Hall–Kier alpha value is -1.62. The van der Waals surface area contributed by atoms with Crippen LogP contribution in [0.2, 0.25) is 0 Å². The van der Waals surface area contributed by atoms with E-state index in [2.05, 4.69) is 11.8 Å². The summed E-state index contributed by atoms with van der Waals surface area (Å²) in [6, 6.07) is 4.73. The maximum atomic E-state index is 13.3. The van der Waals surface area contributed by atoms with Gasteiger partial charge in [0.25, 0.3) is 0 Å². The Morgan fingerprint density at radius 2 is 2.21 bits per heavy atom. The Morgan fingerprint density at radius 1 is 1.47 bits per heavy atom. The predicted octanol–water partition coefficient (Wildman–Crippen LogP) is 1.49. The lowest BCUT2D eigenvalue weighted by atomic mass is 9.92. The first-order valence-electron chi connectivity index (χ1n) is 6.54. The van der Waals surface area contributed by atoms with Crippen molar-refractivity contribution in [1.82, 2.24) is 4.90 Å². The first-order chi connectivity index (χ1) is 8.97. The number of benzene rings is 1. The van der Waals surface area contributed by atoms with E-state index in [4.69, 9.17) is 11.5 Å².